The van der Waals surface area contributed by atoms with Gasteiger partial charge in [0.15, 0.2) is 0 Å². The summed E-state index contributed by atoms with van der Waals surface area (Å²) in [4.78, 5) is 16.5. The standard InChI is InChI=1S/C9H15N3OS/c1-7-5-12-9(14-7)6-11-8(13)3-4-10-2/h5,10H,3-4,6H2,1-2H3,(H,11,13). The maximum Gasteiger partial charge on any atom is 0.221 e. The van der Waals surface area contributed by atoms with Crippen LogP contribution in [0.3, 0.4) is 0 Å². The van der Waals surface area contributed by atoms with Gasteiger partial charge in [0.2, 0.25) is 5.91 Å². The van der Waals surface area contributed by atoms with Gasteiger partial charge in [0.05, 0.1) is 6.54 Å². The molecule has 0 fully saturated rings. The van der Waals surface area contributed by atoms with E-state index in [2.05, 4.69) is 15.6 Å². The van der Waals surface area contributed by atoms with Crippen LogP contribution in [0.2, 0.25) is 0 Å². The average Bonchev–Trinajstić information content (AvgIpc) is 2.58. The fraction of sp³-hybridized carbons (Fsp3) is 0.556. The molecule has 1 aromatic heterocycles. The van der Waals surface area contributed by atoms with Gasteiger partial charge in [-0.15, -0.1) is 11.3 Å². The highest BCUT2D eigenvalue weighted by atomic mass is 32.1. The number of amides is 1. The first kappa shape index (κ1) is 11.1. The molecule has 0 atom stereocenters. The third kappa shape index (κ3) is 3.85. The summed E-state index contributed by atoms with van der Waals surface area (Å²) in [6.07, 6.45) is 2.33. The number of aromatic nitrogens is 1. The molecule has 14 heavy (non-hydrogen) atoms. The Morgan fingerprint density at radius 1 is 1.64 bits per heavy atom. The minimum absolute atomic E-state index is 0.0622. The smallest absolute Gasteiger partial charge is 0.221 e. The minimum Gasteiger partial charge on any atom is -0.350 e. The second kappa shape index (κ2) is 5.72. The Kier molecular flexibility index (Phi) is 4.55. The number of rotatable bonds is 5. The number of carbonyl (C=O) groups is 1. The molecule has 0 radical (unpaired) electrons. The lowest BCUT2D eigenvalue weighted by Gasteiger charge is -2.01. The maximum atomic E-state index is 11.2. The van der Waals surface area contributed by atoms with Crippen LogP contribution in [0.4, 0.5) is 0 Å². The lowest BCUT2D eigenvalue weighted by Crippen LogP contribution is -2.25. The van der Waals surface area contributed by atoms with Crippen molar-refractivity contribution in [1.82, 2.24) is 15.6 Å². The van der Waals surface area contributed by atoms with Crippen molar-refractivity contribution in [3.8, 4) is 0 Å². The van der Waals surface area contributed by atoms with Crippen molar-refractivity contribution in [3.63, 3.8) is 0 Å². The number of hydrogen-bond acceptors (Lipinski definition) is 4. The molecule has 0 saturated heterocycles. The SMILES string of the molecule is CNCCC(=O)NCc1ncc(C)s1. The molecule has 0 aliphatic rings. The topological polar surface area (TPSA) is 54.0 Å². The van der Waals surface area contributed by atoms with E-state index in [9.17, 15) is 4.79 Å². The Labute approximate surface area is 87.7 Å². The van der Waals surface area contributed by atoms with E-state index in [1.54, 1.807) is 11.3 Å². The molecule has 4 nitrogen and oxygen atoms in total. The van der Waals surface area contributed by atoms with Crippen molar-refractivity contribution in [2.75, 3.05) is 13.6 Å². The predicted octanol–water partition coefficient (Wildman–Crippen LogP) is 0.677. The van der Waals surface area contributed by atoms with Gasteiger partial charge in [-0.05, 0) is 14.0 Å². The van der Waals surface area contributed by atoms with Gasteiger partial charge in [-0.1, -0.05) is 0 Å². The van der Waals surface area contributed by atoms with Gasteiger partial charge in [-0.3, -0.25) is 4.79 Å². The van der Waals surface area contributed by atoms with Crippen molar-refractivity contribution in [3.05, 3.63) is 16.1 Å². The Morgan fingerprint density at radius 3 is 3.00 bits per heavy atom. The van der Waals surface area contributed by atoms with Crippen LogP contribution in [0, 0.1) is 6.92 Å². The fourth-order valence-electron chi connectivity index (χ4n) is 0.984. The van der Waals surface area contributed by atoms with Gasteiger partial charge >= 0.3 is 0 Å². The predicted molar refractivity (Wildman–Crippen MR) is 57.2 cm³/mol. The summed E-state index contributed by atoms with van der Waals surface area (Å²) in [5, 5.41) is 6.70. The monoisotopic (exact) mass is 213 g/mol. The normalized spacial score (nSPS) is 10.1. The first-order chi connectivity index (χ1) is 6.72. The summed E-state index contributed by atoms with van der Waals surface area (Å²) in [7, 11) is 1.83. The molecule has 0 saturated carbocycles. The highest BCUT2D eigenvalue weighted by Crippen LogP contribution is 2.10. The van der Waals surface area contributed by atoms with Crippen LogP contribution < -0.4 is 10.6 Å². The van der Waals surface area contributed by atoms with E-state index in [0.29, 0.717) is 19.5 Å². The second-order valence-electron chi connectivity index (χ2n) is 2.99. The van der Waals surface area contributed by atoms with Crippen molar-refractivity contribution in [1.29, 1.82) is 0 Å². The van der Waals surface area contributed by atoms with Gasteiger partial charge in [-0.25, -0.2) is 4.98 Å². The summed E-state index contributed by atoms with van der Waals surface area (Å²) in [6, 6.07) is 0. The van der Waals surface area contributed by atoms with Gasteiger partial charge in [0.1, 0.15) is 5.01 Å². The minimum atomic E-state index is 0.0622. The first-order valence-electron chi connectivity index (χ1n) is 4.55. The van der Waals surface area contributed by atoms with E-state index < -0.39 is 0 Å². The molecule has 1 aromatic rings. The number of carbonyl (C=O) groups excluding carboxylic acids is 1. The van der Waals surface area contributed by atoms with Crippen molar-refractivity contribution < 1.29 is 4.79 Å². The number of nitrogens with one attached hydrogen (secondary N) is 2. The van der Waals surface area contributed by atoms with E-state index in [0.717, 1.165) is 5.01 Å². The molecule has 0 aliphatic heterocycles. The number of hydrogen-bond donors (Lipinski definition) is 2. The molecule has 0 unspecified atom stereocenters. The van der Waals surface area contributed by atoms with Crippen molar-refractivity contribution in [2.24, 2.45) is 0 Å². The third-order valence-corrected chi connectivity index (χ3v) is 2.62. The third-order valence-electron chi connectivity index (χ3n) is 1.71. The molecule has 0 spiro atoms. The summed E-state index contributed by atoms with van der Waals surface area (Å²) >= 11 is 1.61. The Balaban J connectivity index is 2.23. The summed E-state index contributed by atoms with van der Waals surface area (Å²) in [5.74, 6) is 0.0622. The van der Waals surface area contributed by atoms with E-state index in [-0.39, 0.29) is 5.91 Å². The summed E-state index contributed by atoms with van der Waals surface area (Å²) in [5.41, 5.74) is 0. The fourth-order valence-corrected chi connectivity index (χ4v) is 1.71. The molecule has 0 aromatic carbocycles. The zero-order valence-electron chi connectivity index (χ0n) is 8.46. The molecule has 0 bridgehead atoms. The van der Waals surface area contributed by atoms with E-state index >= 15 is 0 Å². The molecule has 2 N–H and O–H groups in total. The van der Waals surface area contributed by atoms with Gasteiger partial charge in [0.25, 0.3) is 0 Å². The summed E-state index contributed by atoms with van der Waals surface area (Å²) < 4.78 is 0. The molecule has 0 aliphatic carbocycles. The molecule has 1 heterocycles. The van der Waals surface area contributed by atoms with Crippen LogP contribution in [0.25, 0.3) is 0 Å². The van der Waals surface area contributed by atoms with E-state index in [1.165, 1.54) is 4.88 Å². The number of aryl methyl sites for hydroxylation is 1. The largest absolute Gasteiger partial charge is 0.350 e. The van der Waals surface area contributed by atoms with Crippen LogP contribution in [0.1, 0.15) is 16.3 Å². The van der Waals surface area contributed by atoms with Crippen molar-refractivity contribution >= 4 is 17.2 Å². The van der Waals surface area contributed by atoms with Gasteiger partial charge in [-0.2, -0.15) is 0 Å². The second-order valence-corrected chi connectivity index (χ2v) is 4.31. The molecular formula is C9H15N3OS. The Morgan fingerprint density at radius 2 is 2.43 bits per heavy atom. The molecule has 1 amide bonds. The van der Waals surface area contributed by atoms with Crippen LogP contribution >= 0.6 is 11.3 Å². The lowest BCUT2D eigenvalue weighted by molar-refractivity contribution is -0.121. The van der Waals surface area contributed by atoms with E-state index in [4.69, 9.17) is 0 Å². The van der Waals surface area contributed by atoms with Crippen LogP contribution in [0.5, 0.6) is 0 Å². The number of thiazole rings is 1. The molecule has 5 heteroatoms. The molecule has 1 rings (SSSR count). The Hall–Kier alpha value is -0.940. The van der Waals surface area contributed by atoms with Crippen molar-refractivity contribution in [2.45, 2.75) is 19.9 Å². The van der Waals surface area contributed by atoms with Crippen LogP contribution in [-0.2, 0) is 11.3 Å². The first-order valence-corrected chi connectivity index (χ1v) is 5.36. The zero-order chi connectivity index (χ0) is 10.4. The summed E-state index contributed by atoms with van der Waals surface area (Å²) in [6.45, 7) is 3.26. The van der Waals surface area contributed by atoms with Crippen LogP contribution in [0.15, 0.2) is 6.20 Å². The van der Waals surface area contributed by atoms with Crippen LogP contribution in [-0.4, -0.2) is 24.5 Å². The zero-order valence-corrected chi connectivity index (χ0v) is 9.28. The number of nitrogens with zero attached hydrogens (tertiary/aromatic N) is 1. The molecule has 78 valence electrons. The highest BCUT2D eigenvalue weighted by molar-refractivity contribution is 7.11. The van der Waals surface area contributed by atoms with Gasteiger partial charge < -0.3 is 10.6 Å². The maximum absolute atomic E-state index is 11.2. The Bertz CT molecular complexity index is 298. The lowest BCUT2D eigenvalue weighted by atomic mass is 10.4. The highest BCUT2D eigenvalue weighted by Gasteiger charge is 2.02. The molecular weight excluding hydrogens is 198 g/mol. The van der Waals surface area contributed by atoms with E-state index in [1.807, 2.05) is 20.2 Å². The quantitative estimate of drug-likeness (QED) is 0.756. The van der Waals surface area contributed by atoms with Gasteiger partial charge in [0, 0.05) is 24.0 Å². The average molecular weight is 213 g/mol.